The van der Waals surface area contributed by atoms with Gasteiger partial charge in [0.1, 0.15) is 5.82 Å². The van der Waals surface area contributed by atoms with Crippen LogP contribution >= 0.6 is 0 Å². The number of amides is 2. The van der Waals surface area contributed by atoms with Crippen molar-refractivity contribution in [3.63, 3.8) is 0 Å². The summed E-state index contributed by atoms with van der Waals surface area (Å²) in [6.07, 6.45) is 1.75. The summed E-state index contributed by atoms with van der Waals surface area (Å²) in [7, 11) is 0. The number of carbonyl (C=O) groups is 2. The summed E-state index contributed by atoms with van der Waals surface area (Å²) in [4.78, 5) is 22.5. The second-order valence-corrected chi connectivity index (χ2v) is 5.00. The lowest BCUT2D eigenvalue weighted by Gasteiger charge is -2.13. The Balaban J connectivity index is 1.73. The lowest BCUT2D eigenvalue weighted by molar-refractivity contribution is -0.141. The predicted octanol–water partition coefficient (Wildman–Crippen LogP) is 1.88. The molecule has 20 heavy (non-hydrogen) atoms. The third kappa shape index (κ3) is 3.94. The van der Waals surface area contributed by atoms with E-state index in [2.05, 4.69) is 10.6 Å². The number of benzene rings is 1. The molecule has 3 N–H and O–H groups in total. The Hall–Kier alpha value is -2.11. The lowest BCUT2D eigenvalue weighted by atomic mass is 10.1. The molecule has 0 aromatic heterocycles. The minimum absolute atomic E-state index is 0.0932. The Morgan fingerprint density at radius 1 is 1.25 bits per heavy atom. The van der Waals surface area contributed by atoms with Gasteiger partial charge in [0.05, 0.1) is 5.92 Å². The highest BCUT2D eigenvalue weighted by atomic mass is 19.1. The maximum absolute atomic E-state index is 12.7. The lowest BCUT2D eigenvalue weighted by Crippen LogP contribution is -2.40. The summed E-state index contributed by atoms with van der Waals surface area (Å²) in [6.45, 7) is 0.307. The summed E-state index contributed by atoms with van der Waals surface area (Å²) in [5, 5.41) is 14.3. The van der Waals surface area contributed by atoms with Crippen molar-refractivity contribution in [1.82, 2.24) is 10.6 Å². The van der Waals surface area contributed by atoms with Crippen LogP contribution in [0, 0.1) is 11.7 Å². The van der Waals surface area contributed by atoms with E-state index in [0.717, 1.165) is 5.56 Å². The maximum Gasteiger partial charge on any atom is 0.315 e. The second kappa shape index (κ2) is 6.36. The smallest absolute Gasteiger partial charge is 0.315 e. The monoisotopic (exact) mass is 280 g/mol. The summed E-state index contributed by atoms with van der Waals surface area (Å²) >= 11 is 0. The minimum Gasteiger partial charge on any atom is -0.481 e. The van der Waals surface area contributed by atoms with Crippen LogP contribution in [0.3, 0.4) is 0 Å². The molecule has 2 amide bonds. The Bertz CT molecular complexity index is 490. The highest BCUT2D eigenvalue weighted by Crippen LogP contribution is 2.25. The van der Waals surface area contributed by atoms with E-state index in [1.807, 2.05) is 0 Å². The maximum atomic E-state index is 12.7. The molecule has 0 heterocycles. The Labute approximate surface area is 116 Å². The minimum atomic E-state index is -0.805. The fraction of sp³-hybridized carbons (Fsp3) is 0.429. The molecular formula is C14H17FN2O3. The SMILES string of the molecule is O=C(NCc1ccc(F)cc1)N[C@H]1CC[C@@H](C(=O)O)C1. The predicted molar refractivity (Wildman–Crippen MR) is 70.5 cm³/mol. The number of halogens is 1. The van der Waals surface area contributed by atoms with Gasteiger partial charge in [0.25, 0.3) is 0 Å². The molecule has 1 aromatic rings. The van der Waals surface area contributed by atoms with Gasteiger partial charge in [-0.05, 0) is 37.0 Å². The van der Waals surface area contributed by atoms with Crippen LogP contribution in [0.5, 0.6) is 0 Å². The third-order valence-electron chi connectivity index (χ3n) is 3.48. The Morgan fingerprint density at radius 2 is 1.95 bits per heavy atom. The van der Waals surface area contributed by atoms with Gasteiger partial charge < -0.3 is 15.7 Å². The van der Waals surface area contributed by atoms with Gasteiger partial charge in [0.15, 0.2) is 0 Å². The quantitative estimate of drug-likeness (QED) is 0.788. The average Bonchev–Trinajstić information content (AvgIpc) is 2.87. The number of aliphatic carboxylic acids is 1. The first-order chi connectivity index (χ1) is 9.54. The molecule has 0 saturated heterocycles. The molecule has 5 nitrogen and oxygen atoms in total. The second-order valence-electron chi connectivity index (χ2n) is 5.00. The van der Waals surface area contributed by atoms with Crippen LogP contribution in [0.2, 0.25) is 0 Å². The molecule has 108 valence electrons. The van der Waals surface area contributed by atoms with Crippen LogP contribution in [0.15, 0.2) is 24.3 Å². The van der Waals surface area contributed by atoms with E-state index in [1.54, 1.807) is 12.1 Å². The zero-order valence-electron chi connectivity index (χ0n) is 10.9. The van der Waals surface area contributed by atoms with Crippen molar-refractivity contribution >= 4 is 12.0 Å². The van der Waals surface area contributed by atoms with Crippen molar-refractivity contribution in [3.05, 3.63) is 35.6 Å². The van der Waals surface area contributed by atoms with E-state index in [-0.39, 0.29) is 23.8 Å². The van der Waals surface area contributed by atoms with E-state index in [0.29, 0.717) is 25.8 Å². The number of rotatable bonds is 4. The molecule has 0 spiro atoms. The van der Waals surface area contributed by atoms with Crippen molar-refractivity contribution in [1.29, 1.82) is 0 Å². The van der Waals surface area contributed by atoms with Gasteiger partial charge >= 0.3 is 12.0 Å². The number of nitrogens with one attached hydrogen (secondary N) is 2. The zero-order valence-corrected chi connectivity index (χ0v) is 10.9. The fourth-order valence-electron chi connectivity index (χ4n) is 2.36. The first-order valence-corrected chi connectivity index (χ1v) is 6.56. The first kappa shape index (κ1) is 14.3. The molecule has 0 radical (unpaired) electrons. The average molecular weight is 280 g/mol. The van der Waals surface area contributed by atoms with Crippen LogP contribution in [0.25, 0.3) is 0 Å². The molecule has 2 atom stereocenters. The highest BCUT2D eigenvalue weighted by Gasteiger charge is 2.30. The topological polar surface area (TPSA) is 78.4 Å². The Kier molecular flexibility index (Phi) is 4.55. The summed E-state index contributed by atoms with van der Waals surface area (Å²) < 4.78 is 12.7. The molecule has 0 aliphatic heterocycles. The first-order valence-electron chi connectivity index (χ1n) is 6.56. The van der Waals surface area contributed by atoms with Gasteiger partial charge in [-0.25, -0.2) is 9.18 Å². The summed E-state index contributed by atoms with van der Waals surface area (Å²) in [6, 6.07) is 5.46. The van der Waals surface area contributed by atoms with Crippen LogP contribution in [-0.4, -0.2) is 23.1 Å². The molecule has 1 saturated carbocycles. The van der Waals surface area contributed by atoms with Crippen LogP contribution in [-0.2, 0) is 11.3 Å². The number of hydrogen-bond donors (Lipinski definition) is 3. The number of carboxylic acid groups (broad SMARTS) is 1. The van der Waals surface area contributed by atoms with E-state index < -0.39 is 5.97 Å². The van der Waals surface area contributed by atoms with Gasteiger partial charge in [-0.2, -0.15) is 0 Å². The molecule has 0 bridgehead atoms. The van der Waals surface area contributed by atoms with Gasteiger partial charge in [-0.15, -0.1) is 0 Å². The number of urea groups is 1. The number of hydrogen-bond acceptors (Lipinski definition) is 2. The largest absolute Gasteiger partial charge is 0.481 e. The highest BCUT2D eigenvalue weighted by molar-refractivity contribution is 5.75. The van der Waals surface area contributed by atoms with Gasteiger partial charge in [-0.1, -0.05) is 12.1 Å². The third-order valence-corrected chi connectivity index (χ3v) is 3.48. The van der Waals surface area contributed by atoms with E-state index >= 15 is 0 Å². The standard InChI is InChI=1S/C14H17FN2O3/c15-11-4-1-9(2-5-11)8-16-14(20)17-12-6-3-10(7-12)13(18)19/h1-2,4-5,10,12H,3,6-8H2,(H,18,19)(H2,16,17,20)/t10-,12+/m1/s1. The number of carbonyl (C=O) groups excluding carboxylic acids is 1. The zero-order chi connectivity index (χ0) is 14.5. The fourth-order valence-corrected chi connectivity index (χ4v) is 2.36. The summed E-state index contributed by atoms with van der Waals surface area (Å²) in [5.74, 6) is -1.48. The van der Waals surface area contributed by atoms with Gasteiger partial charge in [0.2, 0.25) is 0 Å². The van der Waals surface area contributed by atoms with E-state index in [4.69, 9.17) is 5.11 Å². The Morgan fingerprint density at radius 3 is 2.55 bits per heavy atom. The van der Waals surface area contributed by atoms with Crippen molar-refractivity contribution in [3.8, 4) is 0 Å². The summed E-state index contributed by atoms with van der Waals surface area (Å²) in [5.41, 5.74) is 0.802. The van der Waals surface area contributed by atoms with E-state index in [1.165, 1.54) is 12.1 Å². The number of carboxylic acids is 1. The molecule has 0 unspecified atom stereocenters. The molecule has 6 heteroatoms. The van der Waals surface area contributed by atoms with Gasteiger partial charge in [0, 0.05) is 12.6 Å². The van der Waals surface area contributed by atoms with Crippen LogP contribution < -0.4 is 10.6 Å². The normalized spacial score (nSPS) is 21.4. The molecule has 1 aliphatic rings. The van der Waals surface area contributed by atoms with Crippen LogP contribution in [0.1, 0.15) is 24.8 Å². The molecule has 1 aliphatic carbocycles. The van der Waals surface area contributed by atoms with Gasteiger partial charge in [-0.3, -0.25) is 4.79 Å². The van der Waals surface area contributed by atoms with Crippen molar-refractivity contribution in [2.75, 3.05) is 0 Å². The molecule has 1 aromatic carbocycles. The van der Waals surface area contributed by atoms with Crippen molar-refractivity contribution in [2.24, 2.45) is 5.92 Å². The van der Waals surface area contributed by atoms with E-state index in [9.17, 15) is 14.0 Å². The molecular weight excluding hydrogens is 263 g/mol. The molecule has 1 fully saturated rings. The van der Waals surface area contributed by atoms with Crippen molar-refractivity contribution < 1.29 is 19.1 Å². The van der Waals surface area contributed by atoms with Crippen molar-refractivity contribution in [2.45, 2.75) is 31.8 Å². The van der Waals surface area contributed by atoms with Crippen LogP contribution in [0.4, 0.5) is 9.18 Å². The molecule has 2 rings (SSSR count).